The number of hydrogen-bond acceptors (Lipinski definition) is 12. The number of amides is 7. The maximum atomic E-state index is 14.5. The molecule has 0 bridgehead atoms. The van der Waals surface area contributed by atoms with E-state index in [0.29, 0.717) is 40.8 Å². The molecule has 3 N–H and O–H groups in total. The highest BCUT2D eigenvalue weighted by Crippen LogP contribution is 2.45. The predicted molar refractivity (Wildman–Crippen MR) is 270 cm³/mol. The standard InChI is InChI=1S/C52H55Cl2N9O10/c1-29(2)61-44-42(52(71)62(37-25-33(54)27-60(3)50(37)69)43(44)30-16-18-32(53)19-17-30)59-45(61)35-24-31(26-57-48(35)72-4)46(66)56-23-12-10-8-6-5-7-9-11-22-55-40(65)28-73-38-15-13-14-34-41(38)51(70)63(49(34)68)36-20-21-39(64)58-47(36)67/h13-19,24-27,29,36,43H,5-12,20-23,28H2,1-4H3,(H,55,65)(H,56,66)(H,58,64,67)/t36?,43-/m0/s1. The van der Waals surface area contributed by atoms with Gasteiger partial charge in [-0.15, -0.1) is 0 Å². The summed E-state index contributed by atoms with van der Waals surface area (Å²) in [6, 6.07) is 12.5. The van der Waals surface area contributed by atoms with Gasteiger partial charge in [0.2, 0.25) is 17.7 Å². The second-order valence-corrected chi connectivity index (χ2v) is 19.2. The molecule has 19 nitrogen and oxygen atoms in total. The molecule has 1 fully saturated rings. The fourth-order valence-corrected chi connectivity index (χ4v) is 9.87. The molecule has 382 valence electrons. The van der Waals surface area contributed by atoms with Crippen LogP contribution in [0, 0.1) is 0 Å². The molecule has 1 unspecified atom stereocenters. The Bertz CT molecular complexity index is 3060. The molecule has 1 saturated heterocycles. The number of ether oxygens (including phenoxy) is 2. The number of halogens is 2. The molecule has 8 rings (SSSR count). The maximum Gasteiger partial charge on any atom is 0.279 e. The van der Waals surface area contributed by atoms with Crippen molar-refractivity contribution in [3.05, 3.63) is 121 Å². The number of unbranched alkanes of at least 4 members (excludes halogenated alkanes) is 7. The third kappa shape index (κ3) is 10.9. The van der Waals surface area contributed by atoms with E-state index in [4.69, 9.17) is 37.7 Å². The molecular weight excluding hydrogens is 982 g/mol. The third-order valence-corrected chi connectivity index (χ3v) is 13.5. The van der Waals surface area contributed by atoms with Crippen LogP contribution in [0.5, 0.6) is 11.6 Å². The lowest BCUT2D eigenvalue weighted by Crippen LogP contribution is -2.54. The topological polar surface area (TPSA) is 233 Å². The van der Waals surface area contributed by atoms with E-state index in [1.165, 1.54) is 53.2 Å². The number of carbonyl (C=O) groups is 7. The van der Waals surface area contributed by atoms with E-state index in [9.17, 15) is 38.4 Å². The van der Waals surface area contributed by atoms with Crippen LogP contribution >= 0.6 is 23.2 Å². The quantitative estimate of drug-likeness (QED) is 0.0513. The van der Waals surface area contributed by atoms with Crippen molar-refractivity contribution in [1.29, 1.82) is 0 Å². The molecule has 73 heavy (non-hydrogen) atoms. The van der Waals surface area contributed by atoms with Gasteiger partial charge in [0.05, 0.1) is 40.1 Å². The van der Waals surface area contributed by atoms with Gasteiger partial charge in [0.15, 0.2) is 12.3 Å². The zero-order valence-corrected chi connectivity index (χ0v) is 42.3. The second kappa shape index (κ2) is 22.6. The molecular formula is C52H55Cl2N9O10. The maximum absolute atomic E-state index is 14.5. The van der Waals surface area contributed by atoms with E-state index >= 15 is 0 Å². The van der Waals surface area contributed by atoms with Crippen LogP contribution in [-0.4, -0.2) is 98.2 Å². The molecule has 21 heteroatoms. The van der Waals surface area contributed by atoms with Crippen LogP contribution in [0.15, 0.2) is 71.8 Å². The van der Waals surface area contributed by atoms with Crippen LogP contribution in [0.25, 0.3) is 11.4 Å². The minimum absolute atomic E-state index is 0.00556. The Morgan fingerprint density at radius 3 is 2.18 bits per heavy atom. The highest BCUT2D eigenvalue weighted by atomic mass is 35.5. The smallest absolute Gasteiger partial charge is 0.279 e. The number of nitrogens with one attached hydrogen (secondary N) is 3. The van der Waals surface area contributed by atoms with Gasteiger partial charge >= 0.3 is 0 Å². The van der Waals surface area contributed by atoms with Crippen LogP contribution in [0.1, 0.15) is 143 Å². The number of aromatic nitrogens is 4. The first kappa shape index (κ1) is 52.0. The monoisotopic (exact) mass is 1040 g/mol. The Labute approximate surface area is 430 Å². The predicted octanol–water partition coefficient (Wildman–Crippen LogP) is 6.74. The third-order valence-electron chi connectivity index (χ3n) is 13.0. The van der Waals surface area contributed by atoms with E-state index < -0.39 is 47.2 Å². The van der Waals surface area contributed by atoms with Gasteiger partial charge in [-0.3, -0.25) is 53.5 Å². The minimum Gasteiger partial charge on any atom is -0.483 e. The number of pyridine rings is 2. The Balaban J connectivity index is 0.784. The number of hydrogen-bond donors (Lipinski definition) is 3. The van der Waals surface area contributed by atoms with Gasteiger partial charge in [0.25, 0.3) is 35.1 Å². The number of methoxy groups -OCH3 is 1. The zero-order chi connectivity index (χ0) is 52.1. The first-order valence-corrected chi connectivity index (χ1v) is 25.0. The van der Waals surface area contributed by atoms with Gasteiger partial charge < -0.3 is 29.2 Å². The molecule has 3 aliphatic rings. The molecule has 0 spiro atoms. The van der Waals surface area contributed by atoms with Crippen molar-refractivity contribution in [2.24, 2.45) is 7.05 Å². The van der Waals surface area contributed by atoms with E-state index in [-0.39, 0.29) is 82.0 Å². The van der Waals surface area contributed by atoms with Crippen molar-refractivity contribution in [1.82, 2.24) is 40.0 Å². The van der Waals surface area contributed by atoms with Crippen molar-refractivity contribution < 1.29 is 43.0 Å². The summed E-state index contributed by atoms with van der Waals surface area (Å²) < 4.78 is 14.6. The van der Waals surface area contributed by atoms with Crippen molar-refractivity contribution in [2.75, 3.05) is 31.7 Å². The van der Waals surface area contributed by atoms with Crippen LogP contribution in [0.3, 0.4) is 0 Å². The lowest BCUT2D eigenvalue weighted by atomic mass is 10.0. The number of rotatable bonds is 21. The van der Waals surface area contributed by atoms with Crippen LogP contribution in [0.4, 0.5) is 5.69 Å². The Morgan fingerprint density at radius 2 is 1.51 bits per heavy atom. The largest absolute Gasteiger partial charge is 0.483 e. The normalized spacial score (nSPS) is 16.2. The van der Waals surface area contributed by atoms with Crippen LogP contribution in [0.2, 0.25) is 10.0 Å². The van der Waals surface area contributed by atoms with Gasteiger partial charge in [0, 0.05) is 50.0 Å². The fraction of sp³-hybridized carbons (Fsp3) is 0.385. The SMILES string of the molecule is COc1ncc(C(=O)NCCCCCCCCCCNC(=O)COc2cccc3c2C(=O)N(C2CCC(=O)NC2=O)C3=O)cc1-c1nc2c(n1C(C)C)[C@H](c1ccc(Cl)cc1)N(c1cc(Cl)cn(C)c1=O)C2=O. The molecule has 3 aliphatic heterocycles. The summed E-state index contributed by atoms with van der Waals surface area (Å²) in [6.45, 7) is 4.44. The van der Waals surface area contributed by atoms with Crippen molar-refractivity contribution in [2.45, 2.75) is 96.2 Å². The molecule has 5 aromatic rings. The molecule has 0 saturated carbocycles. The number of carbonyl (C=O) groups excluding carboxylic acids is 7. The first-order valence-electron chi connectivity index (χ1n) is 24.2. The van der Waals surface area contributed by atoms with Gasteiger partial charge in [-0.1, -0.05) is 79.9 Å². The summed E-state index contributed by atoms with van der Waals surface area (Å²) in [5.41, 5.74) is 1.80. The average molecular weight is 1040 g/mol. The molecule has 7 amide bonds. The summed E-state index contributed by atoms with van der Waals surface area (Å²) in [5, 5.41) is 8.76. The van der Waals surface area contributed by atoms with Crippen molar-refractivity contribution >= 4 is 70.2 Å². The molecule has 0 aliphatic carbocycles. The van der Waals surface area contributed by atoms with Gasteiger partial charge in [-0.2, -0.15) is 0 Å². The first-order chi connectivity index (χ1) is 35.1. The number of fused-ring (bicyclic) bond motifs is 2. The number of aryl methyl sites for hydroxylation is 1. The Kier molecular flexibility index (Phi) is 16.1. The number of anilines is 1. The van der Waals surface area contributed by atoms with Crippen molar-refractivity contribution in [3.63, 3.8) is 0 Å². The molecule has 2 aromatic carbocycles. The second-order valence-electron chi connectivity index (χ2n) is 18.4. The number of imide groups is 2. The summed E-state index contributed by atoms with van der Waals surface area (Å²) in [6.07, 6.45) is 10.3. The highest BCUT2D eigenvalue weighted by molar-refractivity contribution is 6.31. The van der Waals surface area contributed by atoms with Crippen LogP contribution < -0.4 is 35.9 Å². The summed E-state index contributed by atoms with van der Waals surface area (Å²) in [5.74, 6) is -3.10. The summed E-state index contributed by atoms with van der Waals surface area (Å²) >= 11 is 12.7. The van der Waals surface area contributed by atoms with E-state index in [0.717, 1.165) is 56.3 Å². The molecule has 3 aromatic heterocycles. The molecule has 6 heterocycles. The van der Waals surface area contributed by atoms with Crippen LogP contribution in [-0.2, 0) is 21.4 Å². The fourth-order valence-electron chi connectivity index (χ4n) is 9.50. The highest BCUT2D eigenvalue weighted by Gasteiger charge is 2.47. The van der Waals surface area contributed by atoms with Crippen molar-refractivity contribution in [3.8, 4) is 23.0 Å². The zero-order valence-electron chi connectivity index (χ0n) is 40.8. The van der Waals surface area contributed by atoms with Gasteiger partial charge in [-0.25, -0.2) is 9.97 Å². The summed E-state index contributed by atoms with van der Waals surface area (Å²) in [7, 11) is 3.04. The lowest BCUT2D eigenvalue weighted by molar-refractivity contribution is -0.136. The number of imidazole rings is 1. The number of piperidine rings is 1. The average Bonchev–Trinajstić information content (AvgIpc) is 3.98. The summed E-state index contributed by atoms with van der Waals surface area (Å²) in [4.78, 5) is 116. The van der Waals surface area contributed by atoms with E-state index in [1.807, 2.05) is 18.4 Å². The van der Waals surface area contributed by atoms with Gasteiger partial charge in [0.1, 0.15) is 29.3 Å². The Hall–Kier alpha value is -7.38. The lowest BCUT2D eigenvalue weighted by Gasteiger charge is -2.28. The minimum atomic E-state index is -1.11. The van der Waals surface area contributed by atoms with E-state index in [2.05, 4.69) is 20.9 Å². The van der Waals surface area contributed by atoms with Gasteiger partial charge in [-0.05, 0) is 75.1 Å². The number of benzene rings is 2. The molecule has 2 atom stereocenters. The molecule has 0 radical (unpaired) electrons. The number of nitrogens with zero attached hydrogens (tertiary/aromatic N) is 6. The Morgan fingerprint density at radius 1 is 0.822 bits per heavy atom. The van der Waals surface area contributed by atoms with E-state index in [1.54, 1.807) is 37.4 Å².